The summed E-state index contributed by atoms with van der Waals surface area (Å²) in [4.78, 5) is 73.5. The monoisotopic (exact) mass is 379 g/mol. The van der Waals surface area contributed by atoms with Gasteiger partial charge in [-0.15, -0.1) is 16.2 Å². The molecule has 4 amide bonds. The molecule has 136 valence electrons. The number of nitrogens with zero attached hydrogens (tertiary/aromatic N) is 3. The summed E-state index contributed by atoms with van der Waals surface area (Å²) in [7, 11) is 1.18. The molecule has 3 rings (SSSR count). The molecule has 0 bridgehead atoms. The van der Waals surface area contributed by atoms with E-state index in [9.17, 15) is 28.9 Å². The summed E-state index contributed by atoms with van der Waals surface area (Å²) in [6.07, 6.45) is -0.254. The number of esters is 1. The first kappa shape index (κ1) is 17.9. The number of carbonyl (C=O) groups excluding carboxylic acids is 5. The summed E-state index contributed by atoms with van der Waals surface area (Å²) in [5, 5.41) is 3.96. The molecule has 26 heavy (non-hydrogen) atoms. The van der Waals surface area contributed by atoms with Crippen LogP contribution in [0.3, 0.4) is 0 Å². The lowest BCUT2D eigenvalue weighted by Gasteiger charge is -2.34. The van der Waals surface area contributed by atoms with Gasteiger partial charge in [-0.25, -0.2) is 0 Å². The Morgan fingerprint density at radius 3 is 2.69 bits per heavy atom. The molecule has 1 aromatic heterocycles. The van der Waals surface area contributed by atoms with Gasteiger partial charge in [-0.05, 0) is 11.6 Å². The summed E-state index contributed by atoms with van der Waals surface area (Å²) < 4.78 is 4.48. The Bertz CT molecular complexity index is 846. The molecule has 2 aliphatic heterocycles. The number of rotatable bonds is 5. The van der Waals surface area contributed by atoms with Crippen molar-refractivity contribution in [1.82, 2.24) is 9.80 Å². The maximum Gasteiger partial charge on any atom is 0.307 e. The van der Waals surface area contributed by atoms with Crippen LogP contribution in [0.4, 0.5) is 5.00 Å². The number of imide groups is 2. The first-order valence-corrected chi connectivity index (χ1v) is 8.52. The molecule has 1 aromatic rings. The van der Waals surface area contributed by atoms with Crippen molar-refractivity contribution in [2.75, 3.05) is 13.7 Å². The number of piperidine rings is 1. The number of hydrogen-bond acceptors (Lipinski definition) is 9. The van der Waals surface area contributed by atoms with Crippen molar-refractivity contribution in [3.63, 3.8) is 0 Å². The lowest BCUT2D eigenvalue weighted by atomic mass is 10.0. The fourth-order valence-electron chi connectivity index (χ4n) is 3.01. The van der Waals surface area contributed by atoms with Crippen molar-refractivity contribution in [2.45, 2.75) is 25.3 Å². The van der Waals surface area contributed by atoms with Crippen molar-refractivity contribution >= 4 is 45.9 Å². The molecule has 1 atom stereocenters. The number of ether oxygens (including phenoxy) is 1. The molecule has 0 aliphatic carbocycles. The van der Waals surface area contributed by atoms with Gasteiger partial charge in [0.2, 0.25) is 5.91 Å². The van der Waals surface area contributed by atoms with Gasteiger partial charge in [-0.1, -0.05) is 0 Å². The van der Waals surface area contributed by atoms with Gasteiger partial charge < -0.3 is 4.74 Å². The minimum absolute atomic E-state index is 0.0125. The van der Waals surface area contributed by atoms with Gasteiger partial charge >= 0.3 is 5.97 Å². The lowest BCUT2D eigenvalue weighted by molar-refractivity contribution is -0.152. The Labute approximate surface area is 150 Å². The van der Waals surface area contributed by atoms with Gasteiger partial charge in [0, 0.05) is 18.3 Å². The van der Waals surface area contributed by atoms with Gasteiger partial charge in [0.05, 0.1) is 24.7 Å². The molecule has 0 radical (unpaired) electrons. The van der Waals surface area contributed by atoms with E-state index in [0.29, 0.717) is 0 Å². The van der Waals surface area contributed by atoms with Crippen molar-refractivity contribution in [3.8, 4) is 0 Å². The van der Waals surface area contributed by atoms with E-state index < -0.39 is 35.6 Å². The Hall–Kier alpha value is -2.95. The van der Waals surface area contributed by atoms with Crippen LogP contribution in [0, 0.1) is 4.91 Å². The predicted molar refractivity (Wildman–Crippen MR) is 86.6 cm³/mol. The number of likely N-dealkylation sites (tertiary alicyclic amines) is 1. The van der Waals surface area contributed by atoms with Crippen LogP contribution in [0.25, 0.3) is 0 Å². The number of thiophene rings is 1. The van der Waals surface area contributed by atoms with Crippen LogP contribution in [-0.2, 0) is 19.1 Å². The first-order chi connectivity index (χ1) is 12.4. The number of hydrogen-bond donors (Lipinski definition) is 0. The van der Waals surface area contributed by atoms with Crippen molar-refractivity contribution < 1.29 is 28.7 Å². The van der Waals surface area contributed by atoms with E-state index in [1.54, 1.807) is 0 Å². The van der Waals surface area contributed by atoms with Crippen LogP contribution in [0.15, 0.2) is 10.6 Å². The quantitative estimate of drug-likeness (QED) is 0.420. The molecule has 1 fully saturated rings. The van der Waals surface area contributed by atoms with Crippen molar-refractivity contribution in [3.05, 3.63) is 21.4 Å². The standard InChI is InChI=1S/C15H13N3O7S/c1-25-10(20)4-5-17-9(19)3-2-8(14(17)22)18-13(21)7-6-26-12(16-24)11(7)15(18)23/h6,8H,2-5H2,1H3. The molecule has 0 aromatic carbocycles. The fourth-order valence-corrected chi connectivity index (χ4v) is 3.81. The lowest BCUT2D eigenvalue weighted by Crippen LogP contribution is -2.56. The number of nitroso groups, excluding NO2 is 1. The van der Waals surface area contributed by atoms with E-state index in [1.165, 1.54) is 12.5 Å². The van der Waals surface area contributed by atoms with Crippen molar-refractivity contribution in [2.24, 2.45) is 5.18 Å². The first-order valence-electron chi connectivity index (χ1n) is 7.64. The average molecular weight is 379 g/mol. The smallest absolute Gasteiger partial charge is 0.307 e. The maximum atomic E-state index is 12.7. The highest BCUT2D eigenvalue weighted by atomic mass is 32.1. The van der Waals surface area contributed by atoms with Crippen molar-refractivity contribution in [1.29, 1.82) is 0 Å². The Morgan fingerprint density at radius 2 is 2.04 bits per heavy atom. The van der Waals surface area contributed by atoms with E-state index in [0.717, 1.165) is 21.1 Å². The third kappa shape index (κ3) is 2.69. The van der Waals surface area contributed by atoms with Gasteiger partial charge in [-0.3, -0.25) is 33.8 Å². The second kappa shape index (κ2) is 6.75. The molecule has 0 spiro atoms. The summed E-state index contributed by atoms with van der Waals surface area (Å²) in [5.74, 6) is -3.29. The van der Waals surface area contributed by atoms with E-state index in [4.69, 9.17) is 0 Å². The highest BCUT2D eigenvalue weighted by Gasteiger charge is 2.48. The minimum atomic E-state index is -1.16. The maximum absolute atomic E-state index is 12.7. The fraction of sp³-hybridized carbons (Fsp3) is 0.400. The van der Waals surface area contributed by atoms with E-state index in [2.05, 4.69) is 9.91 Å². The number of amides is 4. The molecule has 11 heteroatoms. The second-order valence-corrected chi connectivity index (χ2v) is 6.52. The Morgan fingerprint density at radius 1 is 1.31 bits per heavy atom. The molecule has 1 saturated heterocycles. The molecule has 2 aliphatic rings. The third-order valence-corrected chi connectivity index (χ3v) is 5.15. The van der Waals surface area contributed by atoms with Crippen LogP contribution in [-0.4, -0.2) is 59.1 Å². The van der Waals surface area contributed by atoms with Crippen LogP contribution in [0.1, 0.15) is 40.0 Å². The van der Waals surface area contributed by atoms with Crippen LogP contribution >= 0.6 is 11.3 Å². The molecule has 1 unspecified atom stereocenters. The molecular formula is C15H13N3O7S. The summed E-state index contributed by atoms with van der Waals surface area (Å²) >= 11 is 0.875. The molecule has 3 heterocycles. The number of methoxy groups -OCH3 is 1. The van der Waals surface area contributed by atoms with Gasteiger partial charge in [0.15, 0.2) is 5.00 Å². The highest BCUT2D eigenvalue weighted by molar-refractivity contribution is 7.14. The molecule has 10 nitrogen and oxygen atoms in total. The van der Waals surface area contributed by atoms with Gasteiger partial charge in [0.1, 0.15) is 6.04 Å². The minimum Gasteiger partial charge on any atom is -0.469 e. The summed E-state index contributed by atoms with van der Waals surface area (Å²) in [5.41, 5.74) is -0.0822. The second-order valence-electron chi connectivity index (χ2n) is 5.67. The van der Waals surface area contributed by atoms with E-state index in [-0.39, 0.29) is 41.9 Å². The highest BCUT2D eigenvalue weighted by Crippen LogP contribution is 2.38. The number of carbonyl (C=O) groups is 5. The molecule has 0 N–H and O–H groups in total. The summed E-state index contributed by atoms with van der Waals surface area (Å²) in [6.45, 7) is -0.195. The average Bonchev–Trinajstić information content (AvgIpc) is 3.16. The Kier molecular flexibility index (Phi) is 4.64. The third-order valence-electron chi connectivity index (χ3n) is 4.30. The topological polar surface area (TPSA) is 130 Å². The number of fused-ring (bicyclic) bond motifs is 1. The predicted octanol–water partition coefficient (Wildman–Crippen LogP) is 0.823. The molecular weight excluding hydrogens is 366 g/mol. The normalized spacial score (nSPS) is 19.8. The van der Waals surface area contributed by atoms with Crippen LogP contribution in [0.5, 0.6) is 0 Å². The van der Waals surface area contributed by atoms with E-state index >= 15 is 0 Å². The molecule has 0 saturated carbocycles. The summed E-state index contributed by atoms with van der Waals surface area (Å²) in [6, 6.07) is -1.16. The van der Waals surface area contributed by atoms with Crippen LogP contribution in [0.2, 0.25) is 0 Å². The Balaban J connectivity index is 1.84. The van der Waals surface area contributed by atoms with Gasteiger partial charge in [0.25, 0.3) is 17.7 Å². The zero-order valence-corrected chi connectivity index (χ0v) is 14.4. The zero-order chi connectivity index (χ0) is 19.0. The van der Waals surface area contributed by atoms with Gasteiger partial charge in [-0.2, -0.15) is 0 Å². The van der Waals surface area contributed by atoms with Crippen LogP contribution < -0.4 is 0 Å². The zero-order valence-electron chi connectivity index (χ0n) is 13.6. The largest absolute Gasteiger partial charge is 0.469 e. The van der Waals surface area contributed by atoms with E-state index in [1.807, 2.05) is 0 Å². The SMILES string of the molecule is COC(=O)CCN1C(=O)CCC(N2C(=O)c3csc(N=O)c3C2=O)C1=O.